The van der Waals surface area contributed by atoms with Gasteiger partial charge in [0.15, 0.2) is 5.69 Å². The summed E-state index contributed by atoms with van der Waals surface area (Å²) < 4.78 is 3.72. The van der Waals surface area contributed by atoms with E-state index in [2.05, 4.69) is 55.7 Å². The van der Waals surface area contributed by atoms with Gasteiger partial charge >= 0.3 is 0 Å². The second-order valence-electron chi connectivity index (χ2n) is 9.73. The predicted molar refractivity (Wildman–Crippen MR) is 122 cm³/mol. The van der Waals surface area contributed by atoms with Crippen molar-refractivity contribution in [1.82, 2.24) is 14.2 Å². The van der Waals surface area contributed by atoms with Gasteiger partial charge in [-0.15, -0.1) is 11.3 Å². The minimum atomic E-state index is -0.0317. The third-order valence-corrected chi connectivity index (χ3v) is 7.60. The SMILES string of the molecule is CC(C)(C)c1cc([N+]2(O)CCCC2)cc2sc3cc(=[N+]4CCCC4)ccc-3nc12. The van der Waals surface area contributed by atoms with Crippen molar-refractivity contribution in [2.24, 2.45) is 0 Å². The molecule has 1 aromatic rings. The van der Waals surface area contributed by atoms with Gasteiger partial charge in [-0.25, -0.2) is 14.8 Å². The highest BCUT2D eigenvalue weighted by atomic mass is 32.1. The molecule has 0 radical (unpaired) electrons. The van der Waals surface area contributed by atoms with E-state index in [1.54, 1.807) is 0 Å². The van der Waals surface area contributed by atoms with Crippen LogP contribution < -0.4 is 14.6 Å². The van der Waals surface area contributed by atoms with E-state index in [9.17, 15) is 5.21 Å². The molecule has 29 heavy (non-hydrogen) atoms. The number of hydrogen-bond acceptors (Lipinski definition) is 3. The van der Waals surface area contributed by atoms with Gasteiger partial charge in [0.1, 0.15) is 26.2 Å². The first-order chi connectivity index (χ1) is 13.8. The molecule has 2 fully saturated rings. The molecule has 2 saturated heterocycles. The van der Waals surface area contributed by atoms with Crippen molar-refractivity contribution < 1.29 is 5.21 Å². The highest BCUT2D eigenvalue weighted by molar-refractivity contribution is 7.21. The second kappa shape index (κ2) is 6.86. The lowest BCUT2D eigenvalue weighted by atomic mass is 9.86. The molecule has 0 bridgehead atoms. The van der Waals surface area contributed by atoms with Crippen LogP contribution in [-0.2, 0) is 5.41 Å². The summed E-state index contributed by atoms with van der Waals surface area (Å²) in [6, 6.07) is 11.1. The molecule has 3 heterocycles. The lowest BCUT2D eigenvalue weighted by molar-refractivity contribution is -0.0578. The lowest BCUT2D eigenvalue weighted by Crippen LogP contribution is -2.42. The first kappa shape index (κ1) is 19.2. The summed E-state index contributed by atoms with van der Waals surface area (Å²) in [6.45, 7) is 10.6. The van der Waals surface area contributed by atoms with Crippen LogP contribution in [0.5, 0.6) is 0 Å². The predicted octanol–water partition coefficient (Wildman–Crippen LogP) is 4.75. The van der Waals surface area contributed by atoms with Gasteiger partial charge in [0.25, 0.3) is 0 Å². The molecule has 0 atom stereocenters. The van der Waals surface area contributed by atoms with Crippen LogP contribution in [0, 0.1) is 0 Å². The Kier molecular flexibility index (Phi) is 4.53. The Balaban J connectivity index is 1.77. The Labute approximate surface area is 176 Å². The third kappa shape index (κ3) is 3.39. The van der Waals surface area contributed by atoms with Gasteiger partial charge < -0.3 is 0 Å². The van der Waals surface area contributed by atoms with Crippen LogP contribution in [0.2, 0.25) is 0 Å². The summed E-state index contributed by atoms with van der Waals surface area (Å²) in [5, 5.41) is 12.5. The number of fused-ring (bicyclic) bond motifs is 2. The molecule has 1 aromatic carbocycles. The summed E-state index contributed by atoms with van der Waals surface area (Å²) in [7, 11) is 0. The first-order valence-electron chi connectivity index (χ1n) is 10.9. The zero-order valence-corrected chi connectivity index (χ0v) is 18.6. The smallest absolute Gasteiger partial charge is 0.201 e. The maximum atomic E-state index is 11.2. The normalized spacial score (nSPS) is 19.5. The number of benzene rings is 2. The number of hydrogen-bond donors (Lipinski definition) is 1. The van der Waals surface area contributed by atoms with Crippen molar-refractivity contribution in [2.45, 2.75) is 51.9 Å². The van der Waals surface area contributed by atoms with Crippen LogP contribution in [0.25, 0.3) is 20.8 Å². The number of aromatic nitrogens is 1. The highest BCUT2D eigenvalue weighted by Crippen LogP contribution is 2.40. The fourth-order valence-corrected chi connectivity index (χ4v) is 5.87. The second-order valence-corrected chi connectivity index (χ2v) is 10.8. The van der Waals surface area contributed by atoms with Gasteiger partial charge in [0, 0.05) is 49.9 Å². The van der Waals surface area contributed by atoms with Gasteiger partial charge in [0.2, 0.25) is 5.36 Å². The minimum Gasteiger partial charge on any atom is -0.246 e. The molecule has 4 aliphatic rings. The number of quaternary nitrogens is 1. The van der Waals surface area contributed by atoms with Gasteiger partial charge in [-0.3, -0.25) is 0 Å². The Morgan fingerprint density at radius 1 is 1.00 bits per heavy atom. The lowest BCUT2D eigenvalue weighted by Gasteiger charge is -2.28. The number of hydroxylamine groups is 2. The van der Waals surface area contributed by atoms with E-state index in [0.29, 0.717) is 0 Å². The molecule has 1 N–H and O–H groups in total. The molecule has 5 rings (SSSR count). The fraction of sp³-hybridized carbons (Fsp3) is 0.500. The fourth-order valence-electron chi connectivity index (χ4n) is 4.80. The molecule has 0 amide bonds. The van der Waals surface area contributed by atoms with Gasteiger partial charge in [0.05, 0.1) is 20.8 Å². The van der Waals surface area contributed by atoms with Crippen molar-refractivity contribution in [3.05, 3.63) is 41.3 Å². The Morgan fingerprint density at radius 2 is 1.72 bits per heavy atom. The summed E-state index contributed by atoms with van der Waals surface area (Å²) >= 11 is 1.82. The molecule has 0 aromatic heterocycles. The zero-order valence-electron chi connectivity index (χ0n) is 17.7. The summed E-state index contributed by atoms with van der Waals surface area (Å²) in [5.74, 6) is 0. The van der Waals surface area contributed by atoms with Crippen LogP contribution in [0.1, 0.15) is 52.0 Å². The van der Waals surface area contributed by atoms with E-state index in [-0.39, 0.29) is 10.1 Å². The molecule has 0 spiro atoms. The zero-order chi connectivity index (χ0) is 20.2. The molecule has 4 nitrogen and oxygen atoms in total. The van der Waals surface area contributed by atoms with E-state index in [0.717, 1.165) is 55.9 Å². The molecule has 152 valence electrons. The Hall–Kier alpha value is -1.82. The average Bonchev–Trinajstić information content (AvgIpc) is 3.37. The quantitative estimate of drug-likeness (QED) is 0.357. The van der Waals surface area contributed by atoms with Crippen LogP contribution in [0.15, 0.2) is 30.3 Å². The Morgan fingerprint density at radius 3 is 2.41 bits per heavy atom. The average molecular weight is 410 g/mol. The van der Waals surface area contributed by atoms with Crippen molar-refractivity contribution in [1.29, 1.82) is 0 Å². The number of nitrogens with zero attached hydrogens (tertiary/aromatic N) is 3. The maximum absolute atomic E-state index is 11.2. The Bertz CT molecular complexity index is 1110. The summed E-state index contributed by atoms with van der Waals surface area (Å²) in [6.07, 6.45) is 4.73. The molecule has 1 aliphatic carbocycles. The van der Waals surface area contributed by atoms with E-state index in [1.165, 1.54) is 33.3 Å². The molecule has 0 unspecified atom stereocenters. The van der Waals surface area contributed by atoms with Crippen molar-refractivity contribution >= 4 is 27.2 Å². The molecular formula is C24H31N3OS+2. The monoisotopic (exact) mass is 409 g/mol. The summed E-state index contributed by atoms with van der Waals surface area (Å²) in [5.41, 5.74) is 4.37. The highest BCUT2D eigenvalue weighted by Gasteiger charge is 2.35. The van der Waals surface area contributed by atoms with Crippen molar-refractivity contribution in [3.8, 4) is 10.6 Å². The van der Waals surface area contributed by atoms with Crippen LogP contribution in [0.4, 0.5) is 5.69 Å². The molecule has 0 saturated carbocycles. The van der Waals surface area contributed by atoms with E-state index >= 15 is 0 Å². The van der Waals surface area contributed by atoms with Crippen LogP contribution in [-0.4, -0.2) is 36.4 Å². The standard InChI is InChI=1S/C24H31N3OS/c1-24(2,3)19-15-18(27(28)12-6-7-13-27)16-22-23(19)25-20-9-8-17(14-21(20)29-22)26-10-4-5-11-26/h8-9,14-16,28H,4-7,10-13H2,1-3H3/q+2. The van der Waals surface area contributed by atoms with E-state index in [1.807, 2.05) is 11.3 Å². The van der Waals surface area contributed by atoms with Gasteiger partial charge in [-0.05, 0) is 17.0 Å². The van der Waals surface area contributed by atoms with Crippen molar-refractivity contribution in [2.75, 3.05) is 26.2 Å². The van der Waals surface area contributed by atoms with E-state index in [4.69, 9.17) is 4.98 Å². The van der Waals surface area contributed by atoms with Crippen molar-refractivity contribution in [3.63, 3.8) is 0 Å². The van der Waals surface area contributed by atoms with Gasteiger partial charge in [-0.1, -0.05) is 20.8 Å². The largest absolute Gasteiger partial charge is 0.246 e. The van der Waals surface area contributed by atoms with E-state index < -0.39 is 0 Å². The third-order valence-electron chi connectivity index (χ3n) is 6.52. The van der Waals surface area contributed by atoms with Gasteiger partial charge in [-0.2, -0.15) is 4.65 Å². The summed E-state index contributed by atoms with van der Waals surface area (Å²) in [4.78, 5) is 6.33. The molecular weight excluding hydrogens is 378 g/mol. The first-order valence-corrected chi connectivity index (χ1v) is 11.7. The minimum absolute atomic E-state index is 0.0317. The van der Waals surface area contributed by atoms with Crippen LogP contribution >= 0.6 is 11.3 Å². The molecule has 5 heteroatoms. The molecule has 3 aliphatic heterocycles. The maximum Gasteiger partial charge on any atom is 0.201 e. The number of rotatable bonds is 1. The van der Waals surface area contributed by atoms with Crippen LogP contribution in [0.3, 0.4) is 0 Å². The topological polar surface area (TPSA) is 36.1 Å².